The summed E-state index contributed by atoms with van der Waals surface area (Å²) in [6.07, 6.45) is 2.58. The zero-order chi connectivity index (χ0) is 19.5. The minimum absolute atomic E-state index is 0.123. The third-order valence-corrected chi connectivity index (χ3v) is 3.94. The number of benzene rings is 1. The average Bonchev–Trinajstić information content (AvgIpc) is 3.17. The number of aromatic nitrogens is 3. The maximum atomic E-state index is 12.1. The molecule has 146 valence electrons. The number of hydrogen-bond acceptors (Lipinski definition) is 5. The lowest BCUT2D eigenvalue weighted by Crippen LogP contribution is -2.42. The summed E-state index contributed by atoms with van der Waals surface area (Å²) in [5, 5.41) is 17.2. The van der Waals surface area contributed by atoms with Gasteiger partial charge in [-0.25, -0.2) is 0 Å². The molecular weight excluding hydrogens is 346 g/mol. The fourth-order valence-electron chi connectivity index (χ4n) is 2.46. The largest absolute Gasteiger partial charge is 0.497 e. The van der Waals surface area contributed by atoms with Crippen LogP contribution in [0.2, 0.25) is 0 Å². The van der Waals surface area contributed by atoms with Gasteiger partial charge in [-0.15, -0.1) is 10.2 Å². The number of carbonyl (C=O) groups is 1. The average molecular weight is 373 g/mol. The summed E-state index contributed by atoms with van der Waals surface area (Å²) in [6.45, 7) is 4.55. The maximum Gasteiger partial charge on any atom is 0.251 e. The number of carbonyl (C=O) groups excluding carboxylic acids is 1. The summed E-state index contributed by atoms with van der Waals surface area (Å²) in [7, 11) is 3.30. The number of methoxy groups -OCH3 is 1. The minimum Gasteiger partial charge on any atom is -0.497 e. The Morgan fingerprint density at radius 2 is 1.85 bits per heavy atom. The van der Waals surface area contributed by atoms with Gasteiger partial charge < -0.3 is 25.3 Å². The molecule has 0 spiro atoms. The SMILES string of the molecule is CCc1nncn1CCNC(=NC)NCCNC(=O)c1ccc(OC)cc1. The van der Waals surface area contributed by atoms with Crippen molar-refractivity contribution in [1.29, 1.82) is 0 Å². The van der Waals surface area contributed by atoms with E-state index in [0.717, 1.165) is 24.5 Å². The lowest BCUT2D eigenvalue weighted by molar-refractivity contribution is 0.0954. The molecular formula is C18H27N7O2. The molecule has 9 nitrogen and oxygen atoms in total. The summed E-state index contributed by atoms with van der Waals surface area (Å²) >= 11 is 0. The Hall–Kier alpha value is -3.10. The Morgan fingerprint density at radius 1 is 1.15 bits per heavy atom. The van der Waals surface area contributed by atoms with E-state index in [0.29, 0.717) is 31.2 Å². The molecule has 0 radical (unpaired) electrons. The molecule has 1 amide bonds. The van der Waals surface area contributed by atoms with Crippen molar-refractivity contribution in [3.8, 4) is 5.75 Å². The van der Waals surface area contributed by atoms with E-state index < -0.39 is 0 Å². The van der Waals surface area contributed by atoms with Crippen LogP contribution in [-0.4, -0.2) is 60.4 Å². The number of hydrogen-bond donors (Lipinski definition) is 3. The molecule has 0 fully saturated rings. The molecule has 2 aromatic rings. The van der Waals surface area contributed by atoms with Gasteiger partial charge in [-0.2, -0.15) is 0 Å². The Kier molecular flexibility index (Phi) is 8.08. The molecule has 0 aliphatic carbocycles. The Labute approximate surface area is 159 Å². The molecule has 0 aliphatic rings. The highest BCUT2D eigenvalue weighted by Crippen LogP contribution is 2.10. The van der Waals surface area contributed by atoms with Crippen LogP contribution in [0.25, 0.3) is 0 Å². The van der Waals surface area contributed by atoms with Gasteiger partial charge in [-0.3, -0.25) is 9.79 Å². The first-order valence-electron chi connectivity index (χ1n) is 8.91. The molecule has 0 saturated heterocycles. The fraction of sp³-hybridized carbons (Fsp3) is 0.444. The lowest BCUT2D eigenvalue weighted by Gasteiger charge is -2.13. The van der Waals surface area contributed by atoms with Gasteiger partial charge in [-0.1, -0.05) is 6.92 Å². The van der Waals surface area contributed by atoms with E-state index >= 15 is 0 Å². The van der Waals surface area contributed by atoms with Crippen molar-refractivity contribution in [2.24, 2.45) is 4.99 Å². The van der Waals surface area contributed by atoms with Gasteiger partial charge in [-0.05, 0) is 24.3 Å². The number of nitrogens with one attached hydrogen (secondary N) is 3. The molecule has 0 saturated carbocycles. The van der Waals surface area contributed by atoms with Gasteiger partial charge in [0.15, 0.2) is 5.96 Å². The minimum atomic E-state index is -0.123. The van der Waals surface area contributed by atoms with E-state index in [4.69, 9.17) is 4.74 Å². The van der Waals surface area contributed by atoms with Gasteiger partial charge in [0, 0.05) is 45.2 Å². The molecule has 1 aromatic heterocycles. The van der Waals surface area contributed by atoms with Crippen LogP contribution in [0.15, 0.2) is 35.6 Å². The maximum absolute atomic E-state index is 12.1. The molecule has 0 atom stereocenters. The predicted octanol–water partition coefficient (Wildman–Crippen LogP) is 0.444. The zero-order valence-electron chi connectivity index (χ0n) is 16.0. The van der Waals surface area contributed by atoms with E-state index in [1.807, 2.05) is 4.57 Å². The highest BCUT2D eigenvalue weighted by molar-refractivity contribution is 5.94. The van der Waals surface area contributed by atoms with Crippen LogP contribution in [0, 0.1) is 0 Å². The number of rotatable bonds is 9. The van der Waals surface area contributed by atoms with Crippen LogP contribution >= 0.6 is 0 Å². The molecule has 1 heterocycles. The van der Waals surface area contributed by atoms with Crippen LogP contribution in [0.4, 0.5) is 0 Å². The molecule has 27 heavy (non-hydrogen) atoms. The van der Waals surface area contributed by atoms with E-state index in [1.54, 1.807) is 44.8 Å². The molecule has 0 bridgehead atoms. The van der Waals surface area contributed by atoms with Crippen molar-refractivity contribution in [2.45, 2.75) is 19.9 Å². The Balaban J connectivity index is 1.66. The van der Waals surface area contributed by atoms with Crippen LogP contribution in [0.3, 0.4) is 0 Å². The number of guanidine groups is 1. The van der Waals surface area contributed by atoms with Gasteiger partial charge in [0.1, 0.15) is 17.9 Å². The van der Waals surface area contributed by atoms with E-state index in [-0.39, 0.29) is 5.91 Å². The van der Waals surface area contributed by atoms with Crippen molar-refractivity contribution >= 4 is 11.9 Å². The van der Waals surface area contributed by atoms with Gasteiger partial charge >= 0.3 is 0 Å². The molecule has 2 rings (SSSR count). The fourth-order valence-corrected chi connectivity index (χ4v) is 2.46. The standard InChI is InChI=1S/C18H27N7O2/c1-4-16-24-23-13-25(16)12-11-22-18(19-2)21-10-9-20-17(26)14-5-7-15(27-3)8-6-14/h5-8,13H,4,9-12H2,1-3H3,(H,20,26)(H2,19,21,22). The normalized spacial score (nSPS) is 11.1. The highest BCUT2D eigenvalue weighted by atomic mass is 16.5. The van der Waals surface area contributed by atoms with Gasteiger partial charge in [0.25, 0.3) is 5.91 Å². The van der Waals surface area contributed by atoms with Crippen molar-refractivity contribution in [1.82, 2.24) is 30.7 Å². The van der Waals surface area contributed by atoms with Gasteiger partial charge in [0.05, 0.1) is 7.11 Å². The second-order valence-electron chi connectivity index (χ2n) is 5.70. The number of aliphatic imine (C=N–C) groups is 1. The van der Waals surface area contributed by atoms with E-state index in [2.05, 4.69) is 38.1 Å². The number of nitrogens with zero attached hydrogens (tertiary/aromatic N) is 4. The third kappa shape index (κ3) is 6.28. The van der Waals surface area contributed by atoms with Crippen LogP contribution in [0.5, 0.6) is 5.75 Å². The summed E-state index contributed by atoms with van der Waals surface area (Å²) < 4.78 is 7.09. The number of ether oxygens (including phenoxy) is 1. The third-order valence-electron chi connectivity index (χ3n) is 3.94. The molecule has 0 unspecified atom stereocenters. The topological polar surface area (TPSA) is 105 Å². The molecule has 3 N–H and O–H groups in total. The van der Waals surface area contributed by atoms with Crippen LogP contribution in [0.1, 0.15) is 23.1 Å². The first-order valence-corrected chi connectivity index (χ1v) is 8.91. The Bertz CT molecular complexity index is 740. The van der Waals surface area contributed by atoms with Crippen LogP contribution < -0.4 is 20.7 Å². The summed E-state index contributed by atoms with van der Waals surface area (Å²) in [6, 6.07) is 6.99. The monoisotopic (exact) mass is 373 g/mol. The van der Waals surface area contributed by atoms with Crippen molar-refractivity contribution < 1.29 is 9.53 Å². The summed E-state index contributed by atoms with van der Waals surface area (Å²) in [5.41, 5.74) is 0.596. The van der Waals surface area contributed by atoms with Crippen molar-refractivity contribution in [3.05, 3.63) is 42.0 Å². The first-order chi connectivity index (χ1) is 13.2. The van der Waals surface area contributed by atoms with Crippen molar-refractivity contribution in [3.63, 3.8) is 0 Å². The lowest BCUT2D eigenvalue weighted by atomic mass is 10.2. The molecule has 9 heteroatoms. The number of amides is 1. The quantitative estimate of drug-likeness (QED) is 0.335. The zero-order valence-corrected chi connectivity index (χ0v) is 16.0. The second-order valence-corrected chi connectivity index (χ2v) is 5.70. The number of aryl methyl sites for hydroxylation is 1. The summed E-state index contributed by atoms with van der Waals surface area (Å²) in [5.74, 6) is 2.24. The van der Waals surface area contributed by atoms with Gasteiger partial charge in [0.2, 0.25) is 0 Å². The molecule has 0 aliphatic heterocycles. The van der Waals surface area contributed by atoms with Crippen LogP contribution in [-0.2, 0) is 13.0 Å². The van der Waals surface area contributed by atoms with Crippen molar-refractivity contribution in [2.75, 3.05) is 33.8 Å². The Morgan fingerprint density at radius 3 is 2.52 bits per heavy atom. The highest BCUT2D eigenvalue weighted by Gasteiger charge is 2.05. The van der Waals surface area contributed by atoms with E-state index in [1.165, 1.54) is 0 Å². The summed E-state index contributed by atoms with van der Waals surface area (Å²) in [4.78, 5) is 16.3. The van der Waals surface area contributed by atoms with E-state index in [9.17, 15) is 4.79 Å². The predicted molar refractivity (Wildman–Crippen MR) is 104 cm³/mol. The molecule has 1 aromatic carbocycles. The first kappa shape index (κ1) is 20.2. The smallest absolute Gasteiger partial charge is 0.251 e. The second kappa shape index (κ2) is 10.8.